The lowest BCUT2D eigenvalue weighted by Gasteiger charge is -2.20. The first-order valence-electron chi connectivity index (χ1n) is 8.77. The molecule has 1 heterocycles. The lowest BCUT2D eigenvalue weighted by atomic mass is 10.0. The van der Waals surface area contributed by atoms with Crippen molar-refractivity contribution in [3.63, 3.8) is 0 Å². The molecule has 3 rings (SSSR count). The van der Waals surface area contributed by atoms with Gasteiger partial charge in [-0.2, -0.15) is 0 Å². The number of hydrogen-bond donors (Lipinski definition) is 1. The number of aliphatic hydroxyl groups excluding tert-OH is 1. The first-order chi connectivity index (χ1) is 13.3. The predicted molar refractivity (Wildman–Crippen MR) is 110 cm³/mol. The monoisotopic (exact) mass is 418 g/mol. The van der Waals surface area contributed by atoms with Crippen LogP contribution < -0.4 is 0 Å². The average molecular weight is 419 g/mol. The van der Waals surface area contributed by atoms with Crippen LogP contribution in [0.15, 0.2) is 48.2 Å². The number of benzene rings is 2. The van der Waals surface area contributed by atoms with Crippen LogP contribution in [-0.2, 0) is 16.1 Å². The van der Waals surface area contributed by atoms with Gasteiger partial charge in [-0.05, 0) is 24.6 Å². The molecule has 28 heavy (non-hydrogen) atoms. The summed E-state index contributed by atoms with van der Waals surface area (Å²) >= 11 is 12.3. The quantitative estimate of drug-likeness (QED) is 0.729. The number of nitrogens with zero attached hydrogens (tertiary/aromatic N) is 2. The predicted octanol–water partition coefficient (Wildman–Crippen LogP) is 3.51. The minimum atomic E-state index is -0.422. The summed E-state index contributed by atoms with van der Waals surface area (Å²) in [5, 5.41) is 10.0. The minimum absolute atomic E-state index is 0.152. The summed E-state index contributed by atoms with van der Waals surface area (Å²) in [5.41, 5.74) is 2.82. The van der Waals surface area contributed by atoms with Crippen molar-refractivity contribution in [3.8, 4) is 0 Å². The molecule has 1 aliphatic rings. The van der Waals surface area contributed by atoms with Crippen LogP contribution in [-0.4, -0.2) is 46.9 Å². The Bertz CT molecular complexity index is 955. The number of aliphatic hydroxyl groups is 1. The van der Waals surface area contributed by atoms with E-state index in [9.17, 15) is 14.7 Å². The molecule has 146 valence electrons. The summed E-state index contributed by atoms with van der Waals surface area (Å²) < 4.78 is 0. The van der Waals surface area contributed by atoms with Crippen LogP contribution >= 0.6 is 23.2 Å². The number of rotatable bonds is 6. The number of amides is 2. The molecule has 0 fully saturated rings. The Balaban J connectivity index is 2.05. The van der Waals surface area contributed by atoms with Crippen LogP contribution in [0, 0.1) is 6.92 Å². The highest BCUT2D eigenvalue weighted by atomic mass is 35.5. The van der Waals surface area contributed by atoms with E-state index in [4.69, 9.17) is 23.2 Å². The summed E-state index contributed by atoms with van der Waals surface area (Å²) in [4.78, 5) is 29.1. The van der Waals surface area contributed by atoms with Gasteiger partial charge in [0, 0.05) is 24.2 Å². The molecule has 2 amide bonds. The Labute approximate surface area is 173 Å². The van der Waals surface area contributed by atoms with Gasteiger partial charge in [-0.25, -0.2) is 0 Å². The summed E-state index contributed by atoms with van der Waals surface area (Å²) in [6, 6.07) is 12.4. The highest BCUT2D eigenvalue weighted by molar-refractivity contribution is 6.41. The number of aryl methyl sites for hydroxylation is 1. The molecule has 0 bridgehead atoms. The average Bonchev–Trinajstić information content (AvgIpc) is 2.88. The zero-order valence-electron chi connectivity index (χ0n) is 15.6. The standard InChI is InChI=1S/C21H20Cl2N2O3/c1-13-3-5-14(6-4-13)12-25-20(27)18(16-8-7-15(22)11-17(16)23)19(21(25)28)24(2)9-10-26/h3-8,11,26H,9-10,12H2,1-2H3. The SMILES string of the molecule is Cc1ccc(CN2C(=O)C(c3ccc(Cl)cc3Cl)=C(N(C)CCO)C2=O)cc1. The van der Waals surface area contributed by atoms with Crippen LogP contribution in [0.3, 0.4) is 0 Å². The zero-order valence-corrected chi connectivity index (χ0v) is 17.1. The molecule has 2 aromatic carbocycles. The van der Waals surface area contributed by atoms with Crippen molar-refractivity contribution >= 4 is 40.6 Å². The third-order valence-electron chi connectivity index (χ3n) is 4.62. The molecule has 5 nitrogen and oxygen atoms in total. The Hall–Kier alpha value is -2.34. The molecule has 0 atom stereocenters. The van der Waals surface area contributed by atoms with Gasteiger partial charge >= 0.3 is 0 Å². The molecule has 0 spiro atoms. The van der Waals surface area contributed by atoms with E-state index in [1.807, 2.05) is 31.2 Å². The van der Waals surface area contributed by atoms with Crippen LogP contribution in [0.1, 0.15) is 16.7 Å². The highest BCUT2D eigenvalue weighted by Crippen LogP contribution is 2.36. The van der Waals surface area contributed by atoms with Crippen LogP contribution in [0.5, 0.6) is 0 Å². The van der Waals surface area contributed by atoms with E-state index < -0.39 is 11.8 Å². The normalized spacial score (nSPS) is 14.2. The second-order valence-electron chi connectivity index (χ2n) is 6.67. The first kappa shape index (κ1) is 20.4. The largest absolute Gasteiger partial charge is 0.395 e. The van der Waals surface area contributed by atoms with Gasteiger partial charge in [0.2, 0.25) is 0 Å². The molecule has 0 radical (unpaired) electrons. The van der Waals surface area contributed by atoms with Gasteiger partial charge < -0.3 is 10.0 Å². The minimum Gasteiger partial charge on any atom is -0.395 e. The van der Waals surface area contributed by atoms with E-state index in [-0.39, 0.29) is 36.0 Å². The van der Waals surface area contributed by atoms with E-state index in [1.165, 1.54) is 11.0 Å². The number of carbonyl (C=O) groups is 2. The van der Waals surface area contributed by atoms with Crippen molar-refractivity contribution in [1.29, 1.82) is 0 Å². The van der Waals surface area contributed by atoms with E-state index >= 15 is 0 Å². The van der Waals surface area contributed by atoms with Crippen molar-refractivity contribution in [2.24, 2.45) is 0 Å². The number of carbonyl (C=O) groups excluding carboxylic acids is 2. The van der Waals surface area contributed by atoms with Crippen molar-refractivity contribution in [3.05, 3.63) is 74.9 Å². The molecule has 0 unspecified atom stereocenters. The van der Waals surface area contributed by atoms with Gasteiger partial charge in [-0.1, -0.05) is 59.1 Å². The Kier molecular flexibility index (Phi) is 6.08. The molecule has 0 aromatic heterocycles. The van der Waals surface area contributed by atoms with Gasteiger partial charge in [0.15, 0.2) is 0 Å². The van der Waals surface area contributed by atoms with Crippen molar-refractivity contribution in [1.82, 2.24) is 9.80 Å². The topological polar surface area (TPSA) is 60.9 Å². The van der Waals surface area contributed by atoms with E-state index in [2.05, 4.69) is 0 Å². The fourth-order valence-electron chi connectivity index (χ4n) is 3.13. The lowest BCUT2D eigenvalue weighted by molar-refractivity contribution is -0.138. The lowest BCUT2D eigenvalue weighted by Crippen LogP contribution is -2.34. The number of imide groups is 1. The van der Waals surface area contributed by atoms with Crippen molar-refractivity contribution in [2.75, 3.05) is 20.2 Å². The van der Waals surface area contributed by atoms with Crippen molar-refractivity contribution < 1.29 is 14.7 Å². The molecular weight excluding hydrogens is 399 g/mol. The van der Waals surface area contributed by atoms with Crippen LogP contribution in [0.2, 0.25) is 10.0 Å². The summed E-state index contributed by atoms with van der Waals surface area (Å²) in [7, 11) is 1.66. The number of hydrogen-bond acceptors (Lipinski definition) is 4. The maximum Gasteiger partial charge on any atom is 0.278 e. The second-order valence-corrected chi connectivity index (χ2v) is 7.52. The van der Waals surface area contributed by atoms with Gasteiger partial charge in [-0.15, -0.1) is 0 Å². The Morgan fingerprint density at radius 1 is 1.04 bits per heavy atom. The van der Waals surface area contributed by atoms with Crippen LogP contribution in [0.4, 0.5) is 0 Å². The second kappa shape index (κ2) is 8.35. The van der Waals surface area contributed by atoms with E-state index in [1.54, 1.807) is 24.1 Å². The molecule has 0 saturated heterocycles. The fourth-order valence-corrected chi connectivity index (χ4v) is 3.64. The van der Waals surface area contributed by atoms with E-state index in [0.29, 0.717) is 10.6 Å². The Morgan fingerprint density at radius 3 is 2.32 bits per heavy atom. The molecule has 7 heteroatoms. The summed E-state index contributed by atoms with van der Waals surface area (Å²) in [6.45, 7) is 2.19. The third-order valence-corrected chi connectivity index (χ3v) is 5.17. The molecule has 0 saturated carbocycles. The number of halogens is 2. The van der Waals surface area contributed by atoms with Gasteiger partial charge in [0.25, 0.3) is 11.8 Å². The third kappa shape index (κ3) is 3.92. The van der Waals surface area contributed by atoms with Crippen molar-refractivity contribution in [2.45, 2.75) is 13.5 Å². The maximum atomic E-state index is 13.2. The summed E-state index contributed by atoms with van der Waals surface area (Å²) in [6.07, 6.45) is 0. The molecule has 1 N–H and O–H groups in total. The van der Waals surface area contributed by atoms with Gasteiger partial charge in [0.1, 0.15) is 5.70 Å². The smallest absolute Gasteiger partial charge is 0.278 e. The first-order valence-corrected chi connectivity index (χ1v) is 9.52. The summed E-state index contributed by atoms with van der Waals surface area (Å²) in [5.74, 6) is -0.836. The molecule has 0 aliphatic carbocycles. The van der Waals surface area contributed by atoms with Crippen LogP contribution in [0.25, 0.3) is 5.57 Å². The van der Waals surface area contributed by atoms with Gasteiger partial charge in [-0.3, -0.25) is 14.5 Å². The number of likely N-dealkylation sites (N-methyl/N-ethyl adjacent to an activating group) is 1. The zero-order chi connectivity index (χ0) is 20.4. The fraction of sp³-hybridized carbons (Fsp3) is 0.238. The Morgan fingerprint density at radius 2 is 1.71 bits per heavy atom. The van der Waals surface area contributed by atoms with E-state index in [0.717, 1.165) is 11.1 Å². The molecule has 2 aromatic rings. The molecule has 1 aliphatic heterocycles. The van der Waals surface area contributed by atoms with Gasteiger partial charge in [0.05, 0.1) is 23.7 Å². The highest BCUT2D eigenvalue weighted by Gasteiger charge is 2.41. The maximum absolute atomic E-state index is 13.2. The molecular formula is C21H20Cl2N2O3.